The van der Waals surface area contributed by atoms with Gasteiger partial charge in [-0.1, -0.05) is 41.4 Å². The largest absolute Gasteiger partial charge is 0.357 e. The molecule has 0 saturated carbocycles. The first-order chi connectivity index (χ1) is 12.8. The Morgan fingerprint density at radius 3 is 2.07 bits per heavy atom. The molecule has 0 heterocycles. The lowest BCUT2D eigenvalue weighted by atomic mass is 10.0. The fourth-order valence-electron chi connectivity index (χ4n) is 2.47. The van der Waals surface area contributed by atoms with Gasteiger partial charge in [0.15, 0.2) is 6.04 Å². The number of halogens is 2. The van der Waals surface area contributed by atoms with E-state index in [2.05, 4.69) is 5.32 Å². The molecule has 7 nitrogen and oxygen atoms in total. The average Bonchev–Trinajstić information content (AvgIpc) is 2.69. The van der Waals surface area contributed by atoms with Crippen LogP contribution in [0.15, 0.2) is 42.5 Å². The van der Waals surface area contributed by atoms with Crippen molar-refractivity contribution in [2.45, 2.75) is 6.04 Å². The van der Waals surface area contributed by atoms with E-state index in [0.29, 0.717) is 10.0 Å². The Balaban J connectivity index is 2.26. The molecular weight excluding hydrogens is 393 g/mol. The standard InChI is InChI=1S/C18H17Cl2N3O4/c1-21-16(24)15(17(25)22-27)23(2)18(26)11-5-3-10(4-6-11)12-7-8-13(19)14(20)9-12/h3-9,15,27H,1-2H3,(H,21,24)(H,22,25). The quantitative estimate of drug-likeness (QED) is 0.400. The van der Waals surface area contributed by atoms with Crippen LogP contribution in [0.5, 0.6) is 0 Å². The van der Waals surface area contributed by atoms with E-state index in [4.69, 9.17) is 28.4 Å². The van der Waals surface area contributed by atoms with Crippen LogP contribution in [-0.2, 0) is 9.59 Å². The van der Waals surface area contributed by atoms with Crippen LogP contribution in [0, 0.1) is 0 Å². The highest BCUT2D eigenvalue weighted by Crippen LogP contribution is 2.28. The Bertz CT molecular complexity index is 855. The van der Waals surface area contributed by atoms with Crippen LogP contribution in [0.4, 0.5) is 0 Å². The average molecular weight is 410 g/mol. The maximum absolute atomic E-state index is 12.6. The second-order valence-electron chi connectivity index (χ2n) is 5.62. The molecular formula is C18H17Cl2N3O4. The van der Waals surface area contributed by atoms with E-state index in [1.165, 1.54) is 19.6 Å². The van der Waals surface area contributed by atoms with Crippen molar-refractivity contribution in [3.05, 3.63) is 58.1 Å². The lowest BCUT2D eigenvalue weighted by Crippen LogP contribution is -2.54. The predicted molar refractivity (Wildman–Crippen MR) is 102 cm³/mol. The Labute approximate surface area is 165 Å². The molecule has 1 unspecified atom stereocenters. The molecule has 0 aliphatic rings. The van der Waals surface area contributed by atoms with E-state index >= 15 is 0 Å². The molecule has 0 aliphatic carbocycles. The number of hydroxylamine groups is 1. The van der Waals surface area contributed by atoms with Crippen molar-refractivity contribution >= 4 is 40.9 Å². The summed E-state index contributed by atoms with van der Waals surface area (Å²) in [4.78, 5) is 37.2. The van der Waals surface area contributed by atoms with Crippen LogP contribution in [-0.4, -0.2) is 48.0 Å². The summed E-state index contributed by atoms with van der Waals surface area (Å²) in [6.45, 7) is 0. The Kier molecular flexibility index (Phi) is 6.79. The van der Waals surface area contributed by atoms with Gasteiger partial charge in [0.2, 0.25) is 0 Å². The maximum Gasteiger partial charge on any atom is 0.275 e. The van der Waals surface area contributed by atoms with E-state index < -0.39 is 23.8 Å². The van der Waals surface area contributed by atoms with Crippen molar-refractivity contribution in [1.29, 1.82) is 0 Å². The van der Waals surface area contributed by atoms with Gasteiger partial charge < -0.3 is 10.2 Å². The SMILES string of the molecule is CNC(=O)C(C(=O)NO)N(C)C(=O)c1ccc(-c2ccc(Cl)c(Cl)c2)cc1. The first-order valence-electron chi connectivity index (χ1n) is 7.78. The second-order valence-corrected chi connectivity index (χ2v) is 6.43. The smallest absolute Gasteiger partial charge is 0.275 e. The van der Waals surface area contributed by atoms with Crippen LogP contribution in [0.1, 0.15) is 10.4 Å². The van der Waals surface area contributed by atoms with Gasteiger partial charge in [0.05, 0.1) is 10.0 Å². The van der Waals surface area contributed by atoms with E-state index in [0.717, 1.165) is 16.0 Å². The number of likely N-dealkylation sites (N-methyl/N-ethyl adjacent to an activating group) is 2. The summed E-state index contributed by atoms with van der Waals surface area (Å²) in [5.41, 5.74) is 3.28. The van der Waals surface area contributed by atoms with E-state index in [-0.39, 0.29) is 5.56 Å². The molecule has 0 bridgehead atoms. The molecule has 1 atom stereocenters. The molecule has 2 aromatic rings. The Hall–Kier alpha value is -2.61. The van der Waals surface area contributed by atoms with Crippen LogP contribution in [0.25, 0.3) is 11.1 Å². The van der Waals surface area contributed by atoms with Crippen molar-refractivity contribution in [1.82, 2.24) is 15.7 Å². The molecule has 0 spiro atoms. The minimum absolute atomic E-state index is 0.265. The van der Waals surface area contributed by atoms with Crippen LogP contribution in [0.2, 0.25) is 10.0 Å². The van der Waals surface area contributed by atoms with Crippen molar-refractivity contribution in [3.8, 4) is 11.1 Å². The zero-order chi connectivity index (χ0) is 20.1. The van der Waals surface area contributed by atoms with E-state index in [9.17, 15) is 14.4 Å². The maximum atomic E-state index is 12.6. The van der Waals surface area contributed by atoms with Gasteiger partial charge in [-0.15, -0.1) is 0 Å². The van der Waals surface area contributed by atoms with Crippen LogP contribution in [0.3, 0.4) is 0 Å². The molecule has 2 rings (SSSR count). The lowest BCUT2D eigenvalue weighted by molar-refractivity contribution is -0.140. The summed E-state index contributed by atoms with van der Waals surface area (Å²) in [6.07, 6.45) is 0. The van der Waals surface area contributed by atoms with Gasteiger partial charge in [-0.25, -0.2) is 5.48 Å². The molecule has 3 N–H and O–H groups in total. The summed E-state index contributed by atoms with van der Waals surface area (Å²) in [6, 6.07) is 10.2. The highest BCUT2D eigenvalue weighted by Gasteiger charge is 2.33. The second kappa shape index (κ2) is 8.85. The minimum Gasteiger partial charge on any atom is -0.357 e. The molecule has 3 amide bonds. The van der Waals surface area contributed by atoms with E-state index in [1.54, 1.807) is 42.5 Å². The third-order valence-electron chi connectivity index (χ3n) is 3.95. The predicted octanol–water partition coefficient (Wildman–Crippen LogP) is 2.35. The fraction of sp³-hybridized carbons (Fsp3) is 0.167. The summed E-state index contributed by atoms with van der Waals surface area (Å²) in [7, 11) is 2.62. The zero-order valence-corrected chi connectivity index (χ0v) is 16.0. The Morgan fingerprint density at radius 2 is 1.56 bits per heavy atom. The summed E-state index contributed by atoms with van der Waals surface area (Å²) in [5, 5.41) is 12.0. The third-order valence-corrected chi connectivity index (χ3v) is 4.68. The minimum atomic E-state index is -1.51. The summed E-state index contributed by atoms with van der Waals surface area (Å²) < 4.78 is 0. The monoisotopic (exact) mass is 409 g/mol. The topological polar surface area (TPSA) is 98.7 Å². The van der Waals surface area contributed by atoms with Gasteiger partial charge in [-0.05, 0) is 35.4 Å². The Morgan fingerprint density at radius 1 is 0.963 bits per heavy atom. The number of benzene rings is 2. The molecule has 0 aromatic heterocycles. The summed E-state index contributed by atoms with van der Waals surface area (Å²) >= 11 is 11.9. The molecule has 9 heteroatoms. The van der Waals surface area contributed by atoms with Crippen molar-refractivity contribution < 1.29 is 19.6 Å². The number of rotatable bonds is 5. The number of carbonyl (C=O) groups excluding carboxylic acids is 3. The summed E-state index contributed by atoms with van der Waals surface area (Å²) in [5.74, 6) is -2.31. The number of hydrogen-bond donors (Lipinski definition) is 3. The number of amides is 3. The number of carbonyl (C=O) groups is 3. The molecule has 2 aromatic carbocycles. The van der Waals surface area contributed by atoms with Gasteiger partial charge >= 0.3 is 0 Å². The van der Waals surface area contributed by atoms with Crippen LogP contribution >= 0.6 is 23.2 Å². The molecule has 27 heavy (non-hydrogen) atoms. The molecule has 0 radical (unpaired) electrons. The molecule has 0 aliphatic heterocycles. The molecule has 142 valence electrons. The van der Waals surface area contributed by atoms with Crippen molar-refractivity contribution in [2.75, 3.05) is 14.1 Å². The van der Waals surface area contributed by atoms with Gasteiger partial charge in [-0.3, -0.25) is 19.6 Å². The number of hydrogen-bond acceptors (Lipinski definition) is 4. The highest BCUT2D eigenvalue weighted by molar-refractivity contribution is 6.42. The van der Waals surface area contributed by atoms with Gasteiger partial charge in [0, 0.05) is 19.7 Å². The molecule has 0 fully saturated rings. The third kappa shape index (κ3) is 4.57. The highest BCUT2D eigenvalue weighted by atomic mass is 35.5. The van der Waals surface area contributed by atoms with Gasteiger partial charge in [0.25, 0.3) is 17.7 Å². The first-order valence-corrected chi connectivity index (χ1v) is 8.54. The van der Waals surface area contributed by atoms with Gasteiger partial charge in [-0.2, -0.15) is 0 Å². The number of nitrogens with one attached hydrogen (secondary N) is 2. The molecule has 0 saturated heterocycles. The first kappa shape index (κ1) is 20.7. The fourth-order valence-corrected chi connectivity index (χ4v) is 2.77. The number of nitrogens with zero attached hydrogens (tertiary/aromatic N) is 1. The van der Waals surface area contributed by atoms with Crippen molar-refractivity contribution in [2.24, 2.45) is 0 Å². The van der Waals surface area contributed by atoms with Gasteiger partial charge in [0.1, 0.15) is 0 Å². The zero-order valence-electron chi connectivity index (χ0n) is 14.5. The van der Waals surface area contributed by atoms with Crippen LogP contribution < -0.4 is 10.8 Å². The van der Waals surface area contributed by atoms with E-state index in [1.807, 2.05) is 0 Å². The van der Waals surface area contributed by atoms with Crippen molar-refractivity contribution in [3.63, 3.8) is 0 Å². The lowest BCUT2D eigenvalue weighted by Gasteiger charge is -2.25. The normalized spacial score (nSPS) is 11.4.